The highest BCUT2D eigenvalue weighted by molar-refractivity contribution is 5.75. The Bertz CT molecular complexity index is 157. The summed E-state index contributed by atoms with van der Waals surface area (Å²) < 4.78 is 0. The van der Waals surface area contributed by atoms with Crippen LogP contribution in [0.25, 0.3) is 0 Å². The van der Waals surface area contributed by atoms with Crippen molar-refractivity contribution in [3.05, 3.63) is 0 Å². The Balaban J connectivity index is 3.44. The van der Waals surface area contributed by atoms with Crippen molar-refractivity contribution in [3.63, 3.8) is 0 Å². The number of nitrogens with one attached hydrogen (secondary N) is 1. The number of hydrogen-bond acceptors (Lipinski definition) is 2. The minimum atomic E-state index is -0.426. The second kappa shape index (κ2) is 7.80. The molecule has 3 heteroatoms. The summed E-state index contributed by atoms with van der Waals surface area (Å²) in [6.07, 6.45) is 3.32. The predicted molar refractivity (Wildman–Crippen MR) is 58.0 cm³/mol. The molecule has 0 aliphatic rings. The highest BCUT2D eigenvalue weighted by Crippen LogP contribution is 2.01. The quantitative estimate of drug-likeness (QED) is 0.616. The van der Waals surface area contributed by atoms with Gasteiger partial charge in [0.05, 0.1) is 6.10 Å². The van der Waals surface area contributed by atoms with Gasteiger partial charge >= 0.3 is 0 Å². The number of amides is 1. The number of carbonyl (C=O) groups excluding carboxylic acids is 1. The molecule has 0 saturated heterocycles. The zero-order valence-corrected chi connectivity index (χ0v) is 9.55. The topological polar surface area (TPSA) is 49.3 Å². The minimum Gasteiger partial charge on any atom is -0.391 e. The van der Waals surface area contributed by atoms with Crippen molar-refractivity contribution >= 4 is 5.91 Å². The van der Waals surface area contributed by atoms with Crippen LogP contribution in [-0.4, -0.2) is 23.7 Å². The van der Waals surface area contributed by atoms with Crippen LogP contribution in [0.4, 0.5) is 0 Å². The number of hydrogen-bond donors (Lipinski definition) is 2. The van der Waals surface area contributed by atoms with Gasteiger partial charge in [-0.15, -0.1) is 0 Å². The number of rotatable bonds is 7. The molecule has 3 nitrogen and oxygen atoms in total. The smallest absolute Gasteiger partial charge is 0.220 e. The van der Waals surface area contributed by atoms with E-state index in [1.807, 2.05) is 13.8 Å². The van der Waals surface area contributed by atoms with Crippen molar-refractivity contribution < 1.29 is 9.90 Å². The molecular formula is C11H23NO2. The van der Waals surface area contributed by atoms with Gasteiger partial charge in [0.2, 0.25) is 5.91 Å². The Morgan fingerprint density at radius 1 is 1.36 bits per heavy atom. The molecule has 1 atom stereocenters. The third-order valence-electron chi connectivity index (χ3n) is 2.29. The van der Waals surface area contributed by atoms with Gasteiger partial charge in [0, 0.05) is 13.0 Å². The maximum atomic E-state index is 11.2. The summed E-state index contributed by atoms with van der Waals surface area (Å²) in [6, 6.07) is 0. The second-order valence-electron chi connectivity index (χ2n) is 4.07. The molecule has 0 bridgehead atoms. The Hall–Kier alpha value is -0.570. The molecule has 0 rings (SSSR count). The van der Waals surface area contributed by atoms with E-state index in [2.05, 4.69) is 12.2 Å². The second-order valence-corrected chi connectivity index (χ2v) is 4.07. The average Bonchev–Trinajstić information content (AvgIpc) is 2.14. The van der Waals surface area contributed by atoms with Crippen molar-refractivity contribution in [2.75, 3.05) is 6.54 Å². The van der Waals surface area contributed by atoms with Crippen LogP contribution < -0.4 is 5.32 Å². The zero-order valence-electron chi connectivity index (χ0n) is 9.55. The molecule has 0 radical (unpaired) electrons. The largest absolute Gasteiger partial charge is 0.391 e. The van der Waals surface area contributed by atoms with Gasteiger partial charge in [-0.05, 0) is 12.3 Å². The summed E-state index contributed by atoms with van der Waals surface area (Å²) in [7, 11) is 0. The van der Waals surface area contributed by atoms with Crippen LogP contribution in [0.3, 0.4) is 0 Å². The Kier molecular flexibility index (Phi) is 7.48. The first kappa shape index (κ1) is 13.4. The van der Waals surface area contributed by atoms with Crippen molar-refractivity contribution in [1.82, 2.24) is 5.32 Å². The lowest BCUT2D eigenvalue weighted by Crippen LogP contribution is -2.34. The third kappa shape index (κ3) is 6.89. The molecule has 14 heavy (non-hydrogen) atoms. The third-order valence-corrected chi connectivity index (χ3v) is 2.29. The predicted octanol–water partition coefficient (Wildman–Crippen LogP) is 1.70. The maximum Gasteiger partial charge on any atom is 0.220 e. The SMILES string of the molecule is CCCCCC(=O)NCC(O)C(C)C. The minimum absolute atomic E-state index is 0.0538. The molecule has 0 aromatic carbocycles. The molecule has 84 valence electrons. The molecule has 1 unspecified atom stereocenters. The molecule has 2 N–H and O–H groups in total. The molecule has 0 aliphatic heterocycles. The molecule has 0 heterocycles. The monoisotopic (exact) mass is 201 g/mol. The van der Waals surface area contributed by atoms with E-state index in [4.69, 9.17) is 0 Å². The standard InChI is InChI=1S/C11H23NO2/c1-4-5-6-7-11(14)12-8-10(13)9(2)3/h9-10,13H,4-8H2,1-3H3,(H,12,14). The van der Waals surface area contributed by atoms with E-state index in [0.717, 1.165) is 19.3 Å². The van der Waals surface area contributed by atoms with Gasteiger partial charge in [0.15, 0.2) is 0 Å². The van der Waals surface area contributed by atoms with E-state index in [0.29, 0.717) is 13.0 Å². The highest BCUT2D eigenvalue weighted by Gasteiger charge is 2.09. The lowest BCUT2D eigenvalue weighted by Gasteiger charge is -2.14. The summed E-state index contributed by atoms with van der Waals surface area (Å²) in [6.45, 7) is 6.37. The van der Waals surface area contributed by atoms with Crippen LogP contribution in [0.5, 0.6) is 0 Å². The summed E-state index contributed by atoms with van der Waals surface area (Å²) >= 11 is 0. The van der Waals surface area contributed by atoms with E-state index in [1.165, 1.54) is 0 Å². The number of unbranched alkanes of at least 4 members (excludes halogenated alkanes) is 2. The van der Waals surface area contributed by atoms with Gasteiger partial charge in [0.25, 0.3) is 0 Å². The van der Waals surface area contributed by atoms with E-state index in [9.17, 15) is 9.90 Å². The van der Waals surface area contributed by atoms with Crippen molar-refractivity contribution in [2.24, 2.45) is 5.92 Å². The molecule has 0 aromatic heterocycles. The van der Waals surface area contributed by atoms with E-state index in [1.54, 1.807) is 0 Å². The van der Waals surface area contributed by atoms with Crippen LogP contribution in [-0.2, 0) is 4.79 Å². The summed E-state index contributed by atoms with van der Waals surface area (Å²) in [4.78, 5) is 11.2. The molecular weight excluding hydrogens is 178 g/mol. The summed E-state index contributed by atoms with van der Waals surface area (Å²) in [5.74, 6) is 0.254. The fourth-order valence-electron chi connectivity index (χ4n) is 1.08. The molecule has 0 aliphatic carbocycles. The van der Waals surface area contributed by atoms with Gasteiger partial charge in [-0.1, -0.05) is 33.6 Å². The number of aliphatic hydroxyl groups is 1. The number of carbonyl (C=O) groups is 1. The maximum absolute atomic E-state index is 11.2. The van der Waals surface area contributed by atoms with Crippen LogP contribution in [0, 0.1) is 5.92 Å². The van der Waals surface area contributed by atoms with Crippen molar-refractivity contribution in [2.45, 2.75) is 52.6 Å². The van der Waals surface area contributed by atoms with Crippen LogP contribution in [0.15, 0.2) is 0 Å². The van der Waals surface area contributed by atoms with E-state index >= 15 is 0 Å². The fourth-order valence-corrected chi connectivity index (χ4v) is 1.08. The zero-order chi connectivity index (χ0) is 11.0. The molecule has 0 spiro atoms. The lowest BCUT2D eigenvalue weighted by atomic mass is 10.1. The Labute approximate surface area is 86.9 Å². The summed E-state index contributed by atoms with van der Waals surface area (Å²) in [5, 5.41) is 12.2. The van der Waals surface area contributed by atoms with Gasteiger partial charge in [-0.25, -0.2) is 0 Å². The first-order valence-corrected chi connectivity index (χ1v) is 5.52. The fraction of sp³-hybridized carbons (Fsp3) is 0.909. The van der Waals surface area contributed by atoms with Crippen LogP contribution >= 0.6 is 0 Å². The van der Waals surface area contributed by atoms with Crippen molar-refractivity contribution in [1.29, 1.82) is 0 Å². The Morgan fingerprint density at radius 3 is 2.50 bits per heavy atom. The average molecular weight is 201 g/mol. The molecule has 0 saturated carbocycles. The normalized spacial score (nSPS) is 12.9. The Morgan fingerprint density at radius 2 is 2.00 bits per heavy atom. The van der Waals surface area contributed by atoms with Crippen LogP contribution in [0.2, 0.25) is 0 Å². The van der Waals surface area contributed by atoms with Gasteiger partial charge in [-0.3, -0.25) is 4.79 Å². The van der Waals surface area contributed by atoms with Crippen LogP contribution in [0.1, 0.15) is 46.5 Å². The van der Waals surface area contributed by atoms with Crippen molar-refractivity contribution in [3.8, 4) is 0 Å². The molecule has 0 fully saturated rings. The van der Waals surface area contributed by atoms with E-state index < -0.39 is 6.10 Å². The molecule has 0 aromatic rings. The van der Waals surface area contributed by atoms with Gasteiger partial charge < -0.3 is 10.4 Å². The first-order valence-electron chi connectivity index (χ1n) is 5.52. The number of aliphatic hydroxyl groups excluding tert-OH is 1. The first-order chi connectivity index (χ1) is 6.57. The van der Waals surface area contributed by atoms with E-state index in [-0.39, 0.29) is 11.8 Å². The van der Waals surface area contributed by atoms with Gasteiger partial charge in [-0.2, -0.15) is 0 Å². The summed E-state index contributed by atoms with van der Waals surface area (Å²) in [5.41, 5.74) is 0. The highest BCUT2D eigenvalue weighted by atomic mass is 16.3. The van der Waals surface area contributed by atoms with Gasteiger partial charge in [0.1, 0.15) is 0 Å². The lowest BCUT2D eigenvalue weighted by molar-refractivity contribution is -0.121. The molecule has 1 amide bonds.